The standard InChI is InChI=1S/C16H24ClN/c1-2-11-18-12-15(13-7-3-4-8-13)14-9-5-6-10-16(14)17/h5-6,9-10,13,15,18H,2-4,7-8,11-12H2,1H3. The van der Waals surface area contributed by atoms with Gasteiger partial charge in [0.1, 0.15) is 0 Å². The van der Waals surface area contributed by atoms with Crippen LogP contribution < -0.4 is 5.32 Å². The summed E-state index contributed by atoms with van der Waals surface area (Å²) in [5, 5.41) is 4.52. The quantitative estimate of drug-likeness (QED) is 0.741. The average molecular weight is 266 g/mol. The first-order valence-corrected chi connectivity index (χ1v) is 7.66. The molecule has 0 amide bonds. The highest BCUT2D eigenvalue weighted by atomic mass is 35.5. The Kier molecular flexibility index (Phi) is 5.52. The van der Waals surface area contributed by atoms with Gasteiger partial charge in [0.15, 0.2) is 0 Å². The molecular formula is C16H24ClN. The second-order valence-electron chi connectivity index (χ2n) is 5.38. The summed E-state index contributed by atoms with van der Waals surface area (Å²) in [7, 11) is 0. The molecule has 1 saturated carbocycles. The van der Waals surface area contributed by atoms with Gasteiger partial charge in [-0.1, -0.05) is 49.6 Å². The Bertz CT molecular complexity index is 358. The van der Waals surface area contributed by atoms with Crippen LogP contribution in [0.15, 0.2) is 24.3 Å². The van der Waals surface area contributed by atoms with E-state index in [0.717, 1.165) is 24.0 Å². The molecule has 0 heterocycles. The first-order chi connectivity index (χ1) is 8.83. The predicted molar refractivity (Wildman–Crippen MR) is 79.3 cm³/mol. The summed E-state index contributed by atoms with van der Waals surface area (Å²) in [6, 6.07) is 8.37. The Morgan fingerprint density at radius 3 is 2.67 bits per heavy atom. The monoisotopic (exact) mass is 265 g/mol. The van der Waals surface area contributed by atoms with Gasteiger partial charge < -0.3 is 5.32 Å². The topological polar surface area (TPSA) is 12.0 Å². The van der Waals surface area contributed by atoms with E-state index in [9.17, 15) is 0 Å². The van der Waals surface area contributed by atoms with E-state index in [1.54, 1.807) is 0 Å². The number of rotatable bonds is 6. The van der Waals surface area contributed by atoms with E-state index in [-0.39, 0.29) is 0 Å². The fourth-order valence-corrected chi connectivity index (χ4v) is 3.38. The second-order valence-corrected chi connectivity index (χ2v) is 5.78. The average Bonchev–Trinajstić information content (AvgIpc) is 2.90. The molecule has 0 radical (unpaired) electrons. The number of halogens is 1. The van der Waals surface area contributed by atoms with Crippen LogP contribution in [-0.4, -0.2) is 13.1 Å². The van der Waals surface area contributed by atoms with Crippen molar-refractivity contribution in [2.45, 2.75) is 44.9 Å². The van der Waals surface area contributed by atoms with Gasteiger partial charge in [-0.15, -0.1) is 0 Å². The van der Waals surface area contributed by atoms with Gasteiger partial charge in [0, 0.05) is 17.5 Å². The van der Waals surface area contributed by atoms with Crippen LogP contribution in [0.25, 0.3) is 0 Å². The molecule has 2 heteroatoms. The van der Waals surface area contributed by atoms with E-state index in [1.165, 1.54) is 37.7 Å². The maximum Gasteiger partial charge on any atom is 0.0441 e. The predicted octanol–water partition coefficient (Wildman–Crippen LogP) is 4.61. The van der Waals surface area contributed by atoms with E-state index in [4.69, 9.17) is 11.6 Å². The minimum absolute atomic E-state index is 0.591. The first kappa shape index (κ1) is 13.9. The van der Waals surface area contributed by atoms with Crippen molar-refractivity contribution in [2.24, 2.45) is 5.92 Å². The Hall–Kier alpha value is -0.530. The molecule has 1 N–H and O–H groups in total. The number of nitrogens with one attached hydrogen (secondary N) is 1. The van der Waals surface area contributed by atoms with Gasteiger partial charge in [-0.3, -0.25) is 0 Å². The highest BCUT2D eigenvalue weighted by molar-refractivity contribution is 6.31. The molecule has 0 bridgehead atoms. The van der Waals surface area contributed by atoms with Gasteiger partial charge in [-0.05, 0) is 43.4 Å². The van der Waals surface area contributed by atoms with E-state index in [1.807, 2.05) is 12.1 Å². The summed E-state index contributed by atoms with van der Waals surface area (Å²) in [6.07, 6.45) is 6.70. The first-order valence-electron chi connectivity index (χ1n) is 7.28. The van der Waals surface area contributed by atoms with Crippen LogP contribution in [0.3, 0.4) is 0 Å². The molecule has 1 atom stereocenters. The molecule has 1 nitrogen and oxygen atoms in total. The SMILES string of the molecule is CCCNCC(c1ccccc1Cl)C1CCCC1. The van der Waals surface area contributed by atoms with Crippen LogP contribution in [0.2, 0.25) is 5.02 Å². The summed E-state index contributed by atoms with van der Waals surface area (Å²) in [4.78, 5) is 0. The molecule has 1 fully saturated rings. The maximum absolute atomic E-state index is 6.38. The van der Waals surface area contributed by atoms with Gasteiger partial charge >= 0.3 is 0 Å². The minimum Gasteiger partial charge on any atom is -0.316 e. The van der Waals surface area contributed by atoms with Crippen molar-refractivity contribution in [1.82, 2.24) is 5.32 Å². The van der Waals surface area contributed by atoms with E-state index in [2.05, 4.69) is 24.4 Å². The van der Waals surface area contributed by atoms with Crippen molar-refractivity contribution in [3.63, 3.8) is 0 Å². The van der Waals surface area contributed by atoms with E-state index in [0.29, 0.717) is 5.92 Å². The lowest BCUT2D eigenvalue weighted by atomic mass is 9.84. The fraction of sp³-hybridized carbons (Fsp3) is 0.625. The normalized spacial score (nSPS) is 18.1. The summed E-state index contributed by atoms with van der Waals surface area (Å²) in [5.74, 6) is 1.40. The molecule has 0 saturated heterocycles. The van der Waals surface area contributed by atoms with Gasteiger partial charge in [-0.2, -0.15) is 0 Å². The molecule has 0 spiro atoms. The summed E-state index contributed by atoms with van der Waals surface area (Å²) in [6.45, 7) is 4.39. The lowest BCUT2D eigenvalue weighted by Gasteiger charge is -2.25. The molecule has 1 unspecified atom stereocenters. The van der Waals surface area contributed by atoms with Crippen molar-refractivity contribution in [3.05, 3.63) is 34.9 Å². The number of hydrogen-bond acceptors (Lipinski definition) is 1. The third-order valence-corrected chi connectivity index (χ3v) is 4.41. The van der Waals surface area contributed by atoms with Crippen LogP contribution in [0, 0.1) is 5.92 Å². The molecule has 1 aromatic carbocycles. The number of benzene rings is 1. The third kappa shape index (κ3) is 3.49. The van der Waals surface area contributed by atoms with Crippen LogP contribution in [0.4, 0.5) is 0 Å². The Morgan fingerprint density at radius 2 is 2.00 bits per heavy atom. The van der Waals surface area contributed by atoms with Crippen LogP contribution in [0.1, 0.15) is 50.5 Å². The van der Waals surface area contributed by atoms with Gasteiger partial charge in [0.05, 0.1) is 0 Å². The molecule has 1 aliphatic rings. The summed E-state index contributed by atoms with van der Waals surface area (Å²) < 4.78 is 0. The molecule has 100 valence electrons. The molecule has 0 aliphatic heterocycles. The second kappa shape index (κ2) is 7.16. The molecule has 2 rings (SSSR count). The van der Waals surface area contributed by atoms with Gasteiger partial charge in [-0.25, -0.2) is 0 Å². The molecule has 1 aromatic rings. The smallest absolute Gasteiger partial charge is 0.0441 e. The fourth-order valence-electron chi connectivity index (χ4n) is 3.10. The highest BCUT2D eigenvalue weighted by Crippen LogP contribution is 2.39. The molecule has 18 heavy (non-hydrogen) atoms. The van der Waals surface area contributed by atoms with Crippen LogP contribution in [-0.2, 0) is 0 Å². The Morgan fingerprint density at radius 1 is 1.28 bits per heavy atom. The summed E-state index contributed by atoms with van der Waals surface area (Å²) >= 11 is 6.38. The Labute approximate surface area is 116 Å². The lowest BCUT2D eigenvalue weighted by Crippen LogP contribution is -2.26. The Balaban J connectivity index is 2.10. The number of hydrogen-bond donors (Lipinski definition) is 1. The maximum atomic E-state index is 6.38. The van der Waals surface area contributed by atoms with E-state index >= 15 is 0 Å². The zero-order valence-corrected chi connectivity index (χ0v) is 12.0. The van der Waals surface area contributed by atoms with Crippen molar-refractivity contribution < 1.29 is 0 Å². The molecular weight excluding hydrogens is 242 g/mol. The van der Waals surface area contributed by atoms with Crippen molar-refractivity contribution in [3.8, 4) is 0 Å². The van der Waals surface area contributed by atoms with Crippen molar-refractivity contribution in [2.75, 3.05) is 13.1 Å². The van der Waals surface area contributed by atoms with Crippen molar-refractivity contribution in [1.29, 1.82) is 0 Å². The molecule has 0 aromatic heterocycles. The third-order valence-electron chi connectivity index (χ3n) is 4.06. The molecule has 1 aliphatic carbocycles. The largest absolute Gasteiger partial charge is 0.316 e. The van der Waals surface area contributed by atoms with Crippen LogP contribution >= 0.6 is 11.6 Å². The van der Waals surface area contributed by atoms with E-state index < -0.39 is 0 Å². The highest BCUT2D eigenvalue weighted by Gasteiger charge is 2.27. The van der Waals surface area contributed by atoms with Crippen LogP contribution in [0.5, 0.6) is 0 Å². The zero-order chi connectivity index (χ0) is 12.8. The zero-order valence-electron chi connectivity index (χ0n) is 11.3. The van der Waals surface area contributed by atoms with Gasteiger partial charge in [0.2, 0.25) is 0 Å². The summed E-state index contributed by atoms with van der Waals surface area (Å²) in [5.41, 5.74) is 1.34. The minimum atomic E-state index is 0.591. The van der Waals surface area contributed by atoms with Gasteiger partial charge in [0.25, 0.3) is 0 Å². The van der Waals surface area contributed by atoms with Crippen molar-refractivity contribution >= 4 is 11.6 Å². The lowest BCUT2D eigenvalue weighted by molar-refractivity contribution is 0.411.